The smallest absolute Gasteiger partial charge is 0.242 e. The van der Waals surface area contributed by atoms with Gasteiger partial charge in [-0.3, -0.25) is 14.5 Å². The van der Waals surface area contributed by atoms with Crippen LogP contribution in [0.25, 0.3) is 10.8 Å². The maximum atomic E-state index is 13.3. The van der Waals surface area contributed by atoms with Crippen molar-refractivity contribution in [2.24, 2.45) is 4.99 Å². The van der Waals surface area contributed by atoms with Crippen LogP contribution in [0.3, 0.4) is 0 Å². The highest BCUT2D eigenvalue weighted by Gasteiger charge is 2.38. The first kappa shape index (κ1) is 25.7. The Bertz CT molecular complexity index is 1230. The van der Waals surface area contributed by atoms with Gasteiger partial charge in [0.2, 0.25) is 11.8 Å². The van der Waals surface area contributed by atoms with E-state index >= 15 is 0 Å². The molecule has 188 valence electrons. The monoisotopic (exact) mass is 505 g/mol. The normalized spacial score (nSPS) is 16.6. The molecule has 1 N–H and O–H groups in total. The average Bonchev–Trinajstić information content (AvgIpc) is 3.16. The van der Waals surface area contributed by atoms with Crippen LogP contribution in [0.5, 0.6) is 5.75 Å². The van der Waals surface area contributed by atoms with Crippen molar-refractivity contribution in [1.29, 1.82) is 0 Å². The summed E-state index contributed by atoms with van der Waals surface area (Å²) in [5.41, 5.74) is 1.44. The van der Waals surface area contributed by atoms with Gasteiger partial charge in [-0.1, -0.05) is 42.1 Å². The Kier molecular flexibility index (Phi) is 8.97. The Balaban J connectivity index is 1.45. The molecule has 4 rings (SSSR count). The van der Waals surface area contributed by atoms with Gasteiger partial charge in [0, 0.05) is 31.9 Å². The second-order valence-corrected chi connectivity index (χ2v) is 9.45. The molecule has 1 fully saturated rings. The quantitative estimate of drug-likeness (QED) is 0.342. The summed E-state index contributed by atoms with van der Waals surface area (Å²) in [5, 5.41) is 5.17. The number of fused-ring (bicyclic) bond motifs is 1. The maximum absolute atomic E-state index is 13.3. The van der Waals surface area contributed by atoms with Crippen LogP contribution in [-0.2, 0) is 14.3 Å². The van der Waals surface area contributed by atoms with Gasteiger partial charge in [0.05, 0.1) is 12.3 Å². The number of rotatable bonds is 11. The molecule has 0 bridgehead atoms. The van der Waals surface area contributed by atoms with Gasteiger partial charge in [0.15, 0.2) is 5.17 Å². The number of carbonyl (C=O) groups is 2. The highest BCUT2D eigenvalue weighted by atomic mass is 32.2. The second kappa shape index (κ2) is 12.6. The average molecular weight is 506 g/mol. The molecule has 7 nitrogen and oxygen atoms in total. The molecule has 0 saturated carbocycles. The van der Waals surface area contributed by atoms with E-state index in [-0.39, 0.29) is 18.2 Å². The van der Waals surface area contributed by atoms with Crippen LogP contribution in [0.15, 0.2) is 71.7 Å². The van der Waals surface area contributed by atoms with Crippen LogP contribution in [0.1, 0.15) is 26.7 Å². The fourth-order valence-electron chi connectivity index (χ4n) is 3.94. The fraction of sp³-hybridized carbons (Fsp3) is 0.321. The van der Waals surface area contributed by atoms with E-state index in [1.54, 1.807) is 4.90 Å². The van der Waals surface area contributed by atoms with Gasteiger partial charge in [-0.2, -0.15) is 0 Å². The van der Waals surface area contributed by atoms with Crippen molar-refractivity contribution in [3.05, 3.63) is 66.7 Å². The molecule has 0 unspecified atom stereocenters. The number of hydrogen-bond donors (Lipinski definition) is 1. The third-order valence-corrected chi connectivity index (χ3v) is 6.85. The predicted octanol–water partition coefficient (Wildman–Crippen LogP) is 5.63. The van der Waals surface area contributed by atoms with Crippen molar-refractivity contribution in [3.63, 3.8) is 0 Å². The number of amides is 2. The van der Waals surface area contributed by atoms with Crippen molar-refractivity contribution in [3.8, 4) is 5.75 Å². The minimum Gasteiger partial charge on any atom is -0.494 e. The predicted molar refractivity (Wildman–Crippen MR) is 146 cm³/mol. The minimum atomic E-state index is -0.529. The minimum absolute atomic E-state index is 0.0700. The number of thioether (sulfide) groups is 1. The van der Waals surface area contributed by atoms with Gasteiger partial charge < -0.3 is 14.8 Å². The highest BCUT2D eigenvalue weighted by molar-refractivity contribution is 8.15. The molecule has 1 aliphatic heterocycles. The van der Waals surface area contributed by atoms with Gasteiger partial charge >= 0.3 is 0 Å². The second-order valence-electron chi connectivity index (χ2n) is 8.28. The van der Waals surface area contributed by atoms with Gasteiger partial charge in [0.1, 0.15) is 11.0 Å². The highest BCUT2D eigenvalue weighted by Crippen LogP contribution is 2.32. The Morgan fingerprint density at radius 3 is 2.56 bits per heavy atom. The van der Waals surface area contributed by atoms with Gasteiger partial charge in [0.25, 0.3) is 0 Å². The van der Waals surface area contributed by atoms with Crippen molar-refractivity contribution in [1.82, 2.24) is 4.90 Å². The molecule has 0 aliphatic carbocycles. The molecule has 1 saturated heterocycles. The number of benzene rings is 3. The lowest BCUT2D eigenvalue weighted by Gasteiger charge is -2.16. The Morgan fingerprint density at radius 1 is 1.03 bits per heavy atom. The Morgan fingerprint density at radius 2 is 1.81 bits per heavy atom. The Labute approximate surface area is 215 Å². The topological polar surface area (TPSA) is 80.2 Å². The van der Waals surface area contributed by atoms with Gasteiger partial charge in [-0.05, 0) is 67.4 Å². The van der Waals surface area contributed by atoms with Crippen molar-refractivity contribution >= 4 is 50.9 Å². The van der Waals surface area contributed by atoms with Crippen molar-refractivity contribution < 1.29 is 19.1 Å². The van der Waals surface area contributed by atoms with Crippen LogP contribution in [0.2, 0.25) is 0 Å². The number of nitrogens with one attached hydrogen (secondary N) is 1. The van der Waals surface area contributed by atoms with Crippen LogP contribution in [0.4, 0.5) is 11.4 Å². The molecule has 1 heterocycles. The summed E-state index contributed by atoms with van der Waals surface area (Å²) in [6.07, 6.45) is 0.763. The molecule has 3 aromatic carbocycles. The van der Waals surface area contributed by atoms with E-state index in [9.17, 15) is 9.59 Å². The molecule has 2 amide bonds. The lowest BCUT2D eigenvalue weighted by atomic mass is 10.1. The molecular formula is C28H31N3O4S. The van der Waals surface area contributed by atoms with Crippen LogP contribution in [0, 0.1) is 0 Å². The lowest BCUT2D eigenvalue weighted by molar-refractivity contribution is -0.128. The molecule has 0 radical (unpaired) electrons. The summed E-state index contributed by atoms with van der Waals surface area (Å²) in [6.45, 7) is 6.16. The summed E-state index contributed by atoms with van der Waals surface area (Å²) < 4.78 is 10.9. The van der Waals surface area contributed by atoms with E-state index in [0.29, 0.717) is 43.6 Å². The number of hydrogen-bond acceptors (Lipinski definition) is 6. The third kappa shape index (κ3) is 6.65. The van der Waals surface area contributed by atoms with Crippen molar-refractivity contribution in [2.45, 2.75) is 31.9 Å². The largest absolute Gasteiger partial charge is 0.494 e. The number of amidine groups is 1. The molecular weight excluding hydrogens is 474 g/mol. The standard InChI is InChI=1S/C28H31N3O4S/c1-3-34-17-7-16-31-27(33)25(36-28(31)30-22-12-14-24(15-13-22)35-4-2)19-26(32)29-23-11-10-20-8-5-6-9-21(20)18-23/h5-6,8-15,18,25H,3-4,7,16-17,19H2,1-2H3,(H,29,32)/t25-/m1/s1. The molecule has 1 aliphatic rings. The third-order valence-electron chi connectivity index (χ3n) is 5.67. The summed E-state index contributed by atoms with van der Waals surface area (Å²) in [4.78, 5) is 32.5. The maximum Gasteiger partial charge on any atom is 0.242 e. The zero-order valence-electron chi connectivity index (χ0n) is 20.6. The van der Waals surface area contributed by atoms with Crippen LogP contribution in [-0.4, -0.2) is 53.5 Å². The summed E-state index contributed by atoms with van der Waals surface area (Å²) in [6, 6.07) is 21.2. The fourth-order valence-corrected chi connectivity index (χ4v) is 5.13. The molecule has 36 heavy (non-hydrogen) atoms. The van der Waals surface area contributed by atoms with E-state index < -0.39 is 5.25 Å². The SMILES string of the molecule is CCOCCCN1C(=O)[C@@H](CC(=O)Nc2ccc3ccccc3c2)SC1=Nc1ccc(OCC)cc1. The number of carbonyl (C=O) groups excluding carboxylic acids is 2. The lowest BCUT2D eigenvalue weighted by Crippen LogP contribution is -2.34. The van der Waals surface area contributed by atoms with E-state index in [2.05, 4.69) is 5.32 Å². The zero-order chi connectivity index (χ0) is 25.3. The molecule has 1 atom stereocenters. The molecule has 0 aromatic heterocycles. The number of ether oxygens (including phenoxy) is 2. The summed E-state index contributed by atoms with van der Waals surface area (Å²) in [5.74, 6) is 0.468. The Hall–Kier alpha value is -3.36. The van der Waals surface area contributed by atoms with E-state index in [4.69, 9.17) is 14.5 Å². The molecule has 0 spiro atoms. The van der Waals surface area contributed by atoms with E-state index in [1.807, 2.05) is 80.6 Å². The van der Waals surface area contributed by atoms with Gasteiger partial charge in [-0.25, -0.2) is 4.99 Å². The molecule has 8 heteroatoms. The van der Waals surface area contributed by atoms with Crippen LogP contribution >= 0.6 is 11.8 Å². The zero-order valence-corrected chi connectivity index (χ0v) is 21.4. The first-order valence-corrected chi connectivity index (χ1v) is 13.1. The number of aliphatic imine (C=N–C) groups is 1. The van der Waals surface area contributed by atoms with Crippen molar-refractivity contribution in [2.75, 3.05) is 31.7 Å². The first-order chi connectivity index (χ1) is 17.6. The van der Waals surface area contributed by atoms with E-state index in [1.165, 1.54) is 11.8 Å². The summed E-state index contributed by atoms with van der Waals surface area (Å²) in [7, 11) is 0. The van der Waals surface area contributed by atoms with E-state index in [0.717, 1.165) is 22.2 Å². The molecule has 3 aromatic rings. The number of nitrogens with zero attached hydrogens (tertiary/aromatic N) is 2. The van der Waals surface area contributed by atoms with Gasteiger partial charge in [-0.15, -0.1) is 0 Å². The first-order valence-electron chi connectivity index (χ1n) is 12.2. The number of anilines is 1. The van der Waals surface area contributed by atoms with Crippen LogP contribution < -0.4 is 10.1 Å². The summed E-state index contributed by atoms with van der Waals surface area (Å²) >= 11 is 1.33.